The Labute approximate surface area is 114 Å². The molecule has 0 saturated heterocycles. The second-order valence-corrected chi connectivity index (χ2v) is 3.79. The molecule has 0 aliphatic rings. The third-order valence-corrected chi connectivity index (χ3v) is 2.51. The van der Waals surface area contributed by atoms with E-state index in [2.05, 4.69) is 4.98 Å². The second-order valence-electron chi connectivity index (χ2n) is 3.79. The molecule has 0 fully saturated rings. The van der Waals surface area contributed by atoms with Crippen molar-refractivity contribution in [1.29, 1.82) is 0 Å². The number of para-hydroxylation sites is 1. The van der Waals surface area contributed by atoms with Crippen molar-refractivity contribution in [2.24, 2.45) is 11.6 Å². The predicted molar refractivity (Wildman–Crippen MR) is 70.9 cm³/mol. The summed E-state index contributed by atoms with van der Waals surface area (Å²) >= 11 is 0. The Morgan fingerprint density at radius 2 is 1.80 bits per heavy atom. The average molecular weight is 272 g/mol. The van der Waals surface area contributed by atoms with Crippen LogP contribution in [0.5, 0.6) is 11.6 Å². The minimum absolute atomic E-state index is 0.0316. The minimum Gasteiger partial charge on any atom is -0.437 e. The molecule has 0 bridgehead atoms. The molecule has 1 aromatic carbocycles. The summed E-state index contributed by atoms with van der Waals surface area (Å²) < 4.78 is 5.50. The molecule has 20 heavy (non-hydrogen) atoms. The van der Waals surface area contributed by atoms with Crippen LogP contribution in [0.4, 0.5) is 0 Å². The number of rotatable bonds is 4. The van der Waals surface area contributed by atoms with Gasteiger partial charge in [0, 0.05) is 6.20 Å². The van der Waals surface area contributed by atoms with Crippen molar-refractivity contribution in [3.8, 4) is 11.6 Å². The molecule has 7 heteroatoms. The van der Waals surface area contributed by atoms with Crippen molar-refractivity contribution < 1.29 is 14.3 Å². The number of amides is 2. The number of pyridine rings is 1. The topological polar surface area (TPSA) is 120 Å². The van der Waals surface area contributed by atoms with Crippen LogP contribution in [0.25, 0.3) is 0 Å². The molecule has 1 heterocycles. The first kappa shape index (κ1) is 13.5. The molecule has 7 nitrogen and oxygen atoms in total. The molecule has 0 spiro atoms. The van der Waals surface area contributed by atoms with Crippen molar-refractivity contribution in [2.75, 3.05) is 0 Å². The van der Waals surface area contributed by atoms with Crippen molar-refractivity contribution in [2.45, 2.75) is 0 Å². The van der Waals surface area contributed by atoms with Gasteiger partial charge in [0.2, 0.25) is 5.88 Å². The highest BCUT2D eigenvalue weighted by Gasteiger charge is 2.15. The van der Waals surface area contributed by atoms with Crippen LogP contribution < -0.4 is 21.7 Å². The SMILES string of the molecule is NNC(=O)c1cccnc1Oc1ccccc1C(N)=O. The van der Waals surface area contributed by atoms with Gasteiger partial charge >= 0.3 is 0 Å². The number of nitrogen functional groups attached to an aromatic ring is 1. The van der Waals surface area contributed by atoms with Gasteiger partial charge in [0.05, 0.1) is 5.56 Å². The molecule has 2 amide bonds. The van der Waals surface area contributed by atoms with Crippen molar-refractivity contribution in [1.82, 2.24) is 10.4 Å². The van der Waals surface area contributed by atoms with E-state index in [1.807, 2.05) is 5.43 Å². The van der Waals surface area contributed by atoms with Crippen LogP contribution in [0.1, 0.15) is 20.7 Å². The van der Waals surface area contributed by atoms with E-state index in [0.29, 0.717) is 0 Å². The Morgan fingerprint density at radius 3 is 2.50 bits per heavy atom. The molecular weight excluding hydrogens is 260 g/mol. The number of primary amides is 1. The zero-order chi connectivity index (χ0) is 14.5. The van der Waals surface area contributed by atoms with Gasteiger partial charge in [0.25, 0.3) is 11.8 Å². The van der Waals surface area contributed by atoms with Crippen molar-refractivity contribution in [3.63, 3.8) is 0 Å². The van der Waals surface area contributed by atoms with E-state index in [1.165, 1.54) is 18.3 Å². The molecular formula is C13H12N4O3. The van der Waals surface area contributed by atoms with E-state index < -0.39 is 11.8 Å². The summed E-state index contributed by atoms with van der Waals surface area (Å²) in [5.74, 6) is 4.14. The van der Waals surface area contributed by atoms with E-state index in [9.17, 15) is 9.59 Å². The number of ether oxygens (including phenoxy) is 1. The highest BCUT2D eigenvalue weighted by Crippen LogP contribution is 2.25. The van der Waals surface area contributed by atoms with Crippen LogP contribution in [0.15, 0.2) is 42.6 Å². The van der Waals surface area contributed by atoms with E-state index >= 15 is 0 Å². The third-order valence-electron chi connectivity index (χ3n) is 2.51. The fourth-order valence-corrected chi connectivity index (χ4v) is 1.59. The number of nitrogens with one attached hydrogen (secondary N) is 1. The van der Waals surface area contributed by atoms with E-state index in [0.717, 1.165) is 0 Å². The summed E-state index contributed by atoms with van der Waals surface area (Å²) in [6.07, 6.45) is 1.45. The maximum Gasteiger partial charge on any atom is 0.270 e. The van der Waals surface area contributed by atoms with E-state index in [-0.39, 0.29) is 22.8 Å². The number of benzene rings is 1. The van der Waals surface area contributed by atoms with E-state index in [4.69, 9.17) is 16.3 Å². The third kappa shape index (κ3) is 2.73. The summed E-state index contributed by atoms with van der Waals surface area (Å²) in [4.78, 5) is 26.9. The summed E-state index contributed by atoms with van der Waals surface area (Å²) in [5.41, 5.74) is 7.59. The van der Waals surface area contributed by atoms with Gasteiger partial charge in [-0.25, -0.2) is 10.8 Å². The predicted octanol–water partition coefficient (Wildman–Crippen LogP) is 0.576. The van der Waals surface area contributed by atoms with Gasteiger partial charge < -0.3 is 10.5 Å². The lowest BCUT2D eigenvalue weighted by atomic mass is 10.2. The van der Waals surface area contributed by atoms with E-state index in [1.54, 1.807) is 24.3 Å². The van der Waals surface area contributed by atoms with Gasteiger partial charge in [-0.05, 0) is 24.3 Å². The van der Waals surface area contributed by atoms with Gasteiger partial charge in [-0.15, -0.1) is 0 Å². The molecule has 2 rings (SSSR count). The van der Waals surface area contributed by atoms with Gasteiger partial charge in [-0.1, -0.05) is 12.1 Å². The molecule has 0 saturated carbocycles. The van der Waals surface area contributed by atoms with Crippen LogP contribution in [0.2, 0.25) is 0 Å². The first-order chi connectivity index (χ1) is 9.63. The fraction of sp³-hybridized carbons (Fsp3) is 0. The maximum absolute atomic E-state index is 11.6. The molecule has 0 atom stereocenters. The van der Waals surface area contributed by atoms with Gasteiger partial charge in [0.1, 0.15) is 11.3 Å². The van der Waals surface area contributed by atoms with Gasteiger partial charge in [-0.2, -0.15) is 0 Å². The van der Waals surface area contributed by atoms with Gasteiger partial charge in [-0.3, -0.25) is 15.0 Å². The quantitative estimate of drug-likeness (QED) is 0.427. The maximum atomic E-state index is 11.6. The van der Waals surface area contributed by atoms with Crippen molar-refractivity contribution >= 4 is 11.8 Å². The first-order valence-electron chi connectivity index (χ1n) is 5.66. The molecule has 1 aromatic heterocycles. The highest BCUT2D eigenvalue weighted by atomic mass is 16.5. The van der Waals surface area contributed by atoms with Crippen molar-refractivity contribution in [3.05, 3.63) is 53.7 Å². The summed E-state index contributed by atoms with van der Waals surface area (Å²) in [5, 5.41) is 0. The Morgan fingerprint density at radius 1 is 1.10 bits per heavy atom. The Bertz CT molecular complexity index is 658. The lowest BCUT2D eigenvalue weighted by molar-refractivity contribution is 0.0950. The molecule has 0 unspecified atom stereocenters. The standard InChI is InChI=1S/C13H12N4O3/c14-11(18)8-4-1-2-6-10(8)20-13-9(12(19)17-15)5-3-7-16-13/h1-7H,15H2,(H2,14,18)(H,17,19). The number of hydrogen-bond donors (Lipinski definition) is 3. The molecule has 5 N–H and O–H groups in total. The summed E-state index contributed by atoms with van der Waals surface area (Å²) in [6.45, 7) is 0. The Hall–Kier alpha value is -2.93. The minimum atomic E-state index is -0.638. The van der Waals surface area contributed by atoms with Crippen LogP contribution in [0.3, 0.4) is 0 Å². The number of hydrazine groups is 1. The Kier molecular flexibility index (Phi) is 3.92. The number of carbonyl (C=O) groups excluding carboxylic acids is 2. The smallest absolute Gasteiger partial charge is 0.270 e. The Balaban J connectivity index is 2.41. The first-order valence-corrected chi connectivity index (χ1v) is 5.66. The number of carbonyl (C=O) groups is 2. The molecule has 0 aliphatic carbocycles. The zero-order valence-electron chi connectivity index (χ0n) is 10.4. The summed E-state index contributed by atoms with van der Waals surface area (Å²) in [6, 6.07) is 9.46. The lowest BCUT2D eigenvalue weighted by Crippen LogP contribution is -2.30. The van der Waals surface area contributed by atoms with Crippen LogP contribution >= 0.6 is 0 Å². The highest BCUT2D eigenvalue weighted by molar-refractivity contribution is 5.97. The molecule has 0 aliphatic heterocycles. The normalized spacial score (nSPS) is 9.85. The summed E-state index contributed by atoms with van der Waals surface area (Å²) in [7, 11) is 0. The number of hydrogen-bond acceptors (Lipinski definition) is 5. The zero-order valence-corrected chi connectivity index (χ0v) is 10.4. The average Bonchev–Trinajstić information content (AvgIpc) is 2.47. The number of nitrogens with zero attached hydrogens (tertiary/aromatic N) is 1. The number of nitrogens with two attached hydrogens (primary N) is 2. The molecule has 0 radical (unpaired) electrons. The monoisotopic (exact) mass is 272 g/mol. The largest absolute Gasteiger partial charge is 0.437 e. The number of aromatic nitrogens is 1. The fourth-order valence-electron chi connectivity index (χ4n) is 1.59. The second kappa shape index (κ2) is 5.81. The molecule has 2 aromatic rings. The lowest BCUT2D eigenvalue weighted by Gasteiger charge is -2.10. The van der Waals surface area contributed by atoms with Crippen LogP contribution in [0, 0.1) is 0 Å². The van der Waals surface area contributed by atoms with Crippen LogP contribution in [-0.4, -0.2) is 16.8 Å². The van der Waals surface area contributed by atoms with Gasteiger partial charge in [0.15, 0.2) is 0 Å². The van der Waals surface area contributed by atoms with Crippen LogP contribution in [-0.2, 0) is 0 Å². The molecule has 102 valence electrons.